The van der Waals surface area contributed by atoms with E-state index in [4.69, 9.17) is 33.7 Å². The fourth-order valence-corrected chi connectivity index (χ4v) is 2.20. The highest BCUT2D eigenvalue weighted by molar-refractivity contribution is 6.43. The van der Waals surface area contributed by atoms with Crippen LogP contribution in [0, 0.1) is 5.92 Å². The number of nitrogen functional groups attached to an aromatic ring is 1. The SMILES string of the molecule is Nc1ccc(Nc2cccc(Cl)c2Cl)nc1OCC1CC1. The maximum absolute atomic E-state index is 6.15. The topological polar surface area (TPSA) is 60.2 Å². The number of nitrogens with zero attached hydrogens (tertiary/aromatic N) is 1. The molecule has 1 heterocycles. The predicted molar refractivity (Wildman–Crippen MR) is 86.6 cm³/mol. The Bertz CT molecular complexity index is 659. The van der Waals surface area contributed by atoms with Gasteiger partial charge < -0.3 is 15.8 Å². The molecule has 0 bridgehead atoms. The van der Waals surface area contributed by atoms with Gasteiger partial charge in [-0.2, -0.15) is 4.98 Å². The molecule has 6 heteroatoms. The summed E-state index contributed by atoms with van der Waals surface area (Å²) in [6.07, 6.45) is 2.44. The van der Waals surface area contributed by atoms with Gasteiger partial charge in [0.05, 0.1) is 28.0 Å². The third-order valence-corrected chi connectivity index (χ3v) is 4.08. The van der Waals surface area contributed by atoms with Gasteiger partial charge in [-0.05, 0) is 43.0 Å². The summed E-state index contributed by atoms with van der Waals surface area (Å²) in [5.41, 5.74) is 7.10. The lowest BCUT2D eigenvalue weighted by Crippen LogP contribution is -2.05. The number of pyridine rings is 1. The summed E-state index contributed by atoms with van der Waals surface area (Å²) in [5, 5.41) is 4.07. The smallest absolute Gasteiger partial charge is 0.239 e. The van der Waals surface area contributed by atoms with E-state index in [-0.39, 0.29) is 0 Å². The average Bonchev–Trinajstić information content (AvgIpc) is 3.28. The Morgan fingerprint density at radius 2 is 2.05 bits per heavy atom. The van der Waals surface area contributed by atoms with Crippen molar-refractivity contribution in [1.82, 2.24) is 4.98 Å². The first kappa shape index (κ1) is 14.3. The Labute approximate surface area is 133 Å². The molecule has 1 fully saturated rings. The van der Waals surface area contributed by atoms with E-state index in [0.717, 1.165) is 0 Å². The molecule has 0 saturated heterocycles. The van der Waals surface area contributed by atoms with Crippen molar-refractivity contribution in [3.63, 3.8) is 0 Å². The second-order valence-corrected chi connectivity index (χ2v) is 5.86. The molecule has 3 rings (SSSR count). The quantitative estimate of drug-likeness (QED) is 0.850. The van der Waals surface area contributed by atoms with Crippen LogP contribution in [0.2, 0.25) is 10.0 Å². The lowest BCUT2D eigenvalue weighted by atomic mass is 10.3. The minimum atomic E-state index is 0.449. The minimum absolute atomic E-state index is 0.449. The highest BCUT2D eigenvalue weighted by Gasteiger charge is 2.22. The lowest BCUT2D eigenvalue weighted by molar-refractivity contribution is 0.290. The van der Waals surface area contributed by atoms with E-state index in [0.29, 0.717) is 45.6 Å². The molecule has 1 aliphatic carbocycles. The summed E-state index contributed by atoms with van der Waals surface area (Å²) in [6, 6.07) is 8.91. The number of aromatic nitrogens is 1. The molecule has 0 radical (unpaired) electrons. The monoisotopic (exact) mass is 323 g/mol. The molecular weight excluding hydrogens is 309 g/mol. The largest absolute Gasteiger partial charge is 0.476 e. The van der Waals surface area contributed by atoms with Crippen LogP contribution in [0.4, 0.5) is 17.2 Å². The maximum Gasteiger partial charge on any atom is 0.239 e. The number of hydrogen-bond acceptors (Lipinski definition) is 4. The minimum Gasteiger partial charge on any atom is -0.476 e. The molecule has 0 atom stereocenters. The van der Waals surface area contributed by atoms with Crippen LogP contribution < -0.4 is 15.8 Å². The summed E-state index contributed by atoms with van der Waals surface area (Å²) in [6.45, 7) is 0.665. The van der Waals surface area contributed by atoms with Crippen molar-refractivity contribution in [1.29, 1.82) is 0 Å². The molecule has 110 valence electrons. The van der Waals surface area contributed by atoms with Crippen molar-refractivity contribution in [2.45, 2.75) is 12.8 Å². The van der Waals surface area contributed by atoms with Gasteiger partial charge in [0.15, 0.2) is 0 Å². The first-order valence-corrected chi connectivity index (χ1v) is 7.49. The third-order valence-electron chi connectivity index (χ3n) is 3.26. The van der Waals surface area contributed by atoms with E-state index in [1.807, 2.05) is 12.1 Å². The molecular formula is C15H15Cl2N3O. The van der Waals surface area contributed by atoms with Gasteiger partial charge in [0.2, 0.25) is 5.88 Å². The van der Waals surface area contributed by atoms with Crippen molar-refractivity contribution in [3.8, 4) is 5.88 Å². The molecule has 1 aromatic heterocycles. The molecule has 21 heavy (non-hydrogen) atoms. The van der Waals surface area contributed by atoms with Gasteiger partial charge in [0.25, 0.3) is 0 Å². The van der Waals surface area contributed by atoms with Crippen molar-refractivity contribution in [2.24, 2.45) is 5.92 Å². The molecule has 2 aromatic rings. The Kier molecular flexibility index (Phi) is 4.08. The highest BCUT2D eigenvalue weighted by Crippen LogP contribution is 2.33. The normalized spacial score (nSPS) is 14.0. The number of nitrogens with one attached hydrogen (secondary N) is 1. The highest BCUT2D eigenvalue weighted by atomic mass is 35.5. The van der Waals surface area contributed by atoms with E-state index >= 15 is 0 Å². The fourth-order valence-electron chi connectivity index (χ4n) is 1.86. The van der Waals surface area contributed by atoms with Gasteiger partial charge in [-0.15, -0.1) is 0 Å². The zero-order valence-corrected chi connectivity index (χ0v) is 12.8. The standard InChI is InChI=1S/C15H15Cl2N3O/c16-10-2-1-3-12(14(10)17)19-13-7-6-11(18)15(20-13)21-8-9-4-5-9/h1-3,6-7,9H,4-5,8,18H2,(H,19,20). The van der Waals surface area contributed by atoms with Crippen molar-refractivity contribution < 1.29 is 4.74 Å². The molecule has 0 unspecified atom stereocenters. The molecule has 3 N–H and O–H groups in total. The van der Waals surface area contributed by atoms with Crippen molar-refractivity contribution >= 4 is 40.4 Å². The summed E-state index contributed by atoms with van der Waals surface area (Å²) in [4.78, 5) is 4.38. The van der Waals surface area contributed by atoms with Crippen molar-refractivity contribution in [3.05, 3.63) is 40.4 Å². The van der Waals surface area contributed by atoms with E-state index < -0.39 is 0 Å². The van der Waals surface area contributed by atoms with Gasteiger partial charge in [0, 0.05) is 0 Å². The van der Waals surface area contributed by atoms with E-state index in [2.05, 4.69) is 10.3 Å². The number of ether oxygens (including phenoxy) is 1. The van der Waals surface area contributed by atoms with E-state index in [1.165, 1.54) is 12.8 Å². The Morgan fingerprint density at radius 3 is 2.81 bits per heavy atom. The number of hydrogen-bond donors (Lipinski definition) is 2. The molecule has 0 amide bonds. The molecule has 0 aliphatic heterocycles. The van der Waals surface area contributed by atoms with Crippen LogP contribution in [-0.2, 0) is 0 Å². The molecule has 4 nitrogen and oxygen atoms in total. The Hall–Kier alpha value is -1.65. The summed E-state index contributed by atoms with van der Waals surface area (Å²) < 4.78 is 5.66. The predicted octanol–water partition coefficient (Wildman–Crippen LogP) is 4.50. The number of benzene rings is 1. The summed E-state index contributed by atoms with van der Waals surface area (Å²) in [5.74, 6) is 1.70. The zero-order chi connectivity index (χ0) is 14.8. The summed E-state index contributed by atoms with van der Waals surface area (Å²) >= 11 is 12.1. The number of rotatable bonds is 5. The van der Waals surface area contributed by atoms with Gasteiger partial charge in [-0.25, -0.2) is 0 Å². The summed E-state index contributed by atoms with van der Waals surface area (Å²) in [7, 11) is 0. The van der Waals surface area contributed by atoms with Crippen LogP contribution in [0.15, 0.2) is 30.3 Å². The maximum atomic E-state index is 6.15. The third kappa shape index (κ3) is 3.52. The fraction of sp³-hybridized carbons (Fsp3) is 0.267. The molecule has 1 aliphatic rings. The van der Waals surface area contributed by atoms with Gasteiger partial charge in [0.1, 0.15) is 5.82 Å². The molecule has 0 spiro atoms. The zero-order valence-electron chi connectivity index (χ0n) is 11.3. The van der Waals surface area contributed by atoms with Crippen LogP contribution >= 0.6 is 23.2 Å². The average molecular weight is 324 g/mol. The number of anilines is 3. The van der Waals surface area contributed by atoms with Crippen LogP contribution in [0.1, 0.15) is 12.8 Å². The Morgan fingerprint density at radius 1 is 1.24 bits per heavy atom. The van der Waals surface area contributed by atoms with Crippen molar-refractivity contribution in [2.75, 3.05) is 17.7 Å². The second kappa shape index (κ2) is 6.00. The number of halogens is 2. The molecule has 1 aromatic carbocycles. The second-order valence-electron chi connectivity index (χ2n) is 5.07. The van der Waals surface area contributed by atoms with Crippen LogP contribution in [0.25, 0.3) is 0 Å². The van der Waals surface area contributed by atoms with Crippen LogP contribution in [-0.4, -0.2) is 11.6 Å². The first-order valence-electron chi connectivity index (χ1n) is 6.74. The van der Waals surface area contributed by atoms with Crippen LogP contribution in [0.5, 0.6) is 5.88 Å². The van der Waals surface area contributed by atoms with Gasteiger partial charge in [-0.1, -0.05) is 29.3 Å². The molecule has 1 saturated carbocycles. The van der Waals surface area contributed by atoms with E-state index in [1.54, 1.807) is 18.2 Å². The van der Waals surface area contributed by atoms with Crippen LogP contribution in [0.3, 0.4) is 0 Å². The first-order chi connectivity index (χ1) is 10.1. The Balaban J connectivity index is 1.78. The lowest BCUT2D eigenvalue weighted by Gasteiger charge is -2.12. The van der Waals surface area contributed by atoms with Gasteiger partial charge >= 0.3 is 0 Å². The van der Waals surface area contributed by atoms with Gasteiger partial charge in [-0.3, -0.25) is 0 Å². The van der Waals surface area contributed by atoms with E-state index in [9.17, 15) is 0 Å². The number of nitrogens with two attached hydrogens (primary N) is 1.